The Morgan fingerprint density at radius 3 is 1.94 bits per heavy atom. The zero-order valence-corrected chi connectivity index (χ0v) is 12.3. The lowest BCUT2D eigenvalue weighted by atomic mass is 10.2. The van der Waals surface area contributed by atoms with Gasteiger partial charge in [-0.3, -0.25) is 4.90 Å². The molecule has 0 aromatic heterocycles. The highest BCUT2D eigenvalue weighted by molar-refractivity contribution is 5.14. The van der Waals surface area contributed by atoms with Crippen LogP contribution in [0.1, 0.15) is 19.4 Å². The number of rotatable bonds is 2. The van der Waals surface area contributed by atoms with Crippen LogP contribution in [0.2, 0.25) is 0 Å². The van der Waals surface area contributed by atoms with Gasteiger partial charge in [-0.2, -0.15) is 0 Å². The second-order valence-corrected chi connectivity index (χ2v) is 4.07. The first-order valence-corrected chi connectivity index (χ1v) is 6.74. The molecule has 0 bridgehead atoms. The molecule has 0 amide bonds. The summed E-state index contributed by atoms with van der Waals surface area (Å²) in [5.41, 5.74) is 1.43. The van der Waals surface area contributed by atoms with E-state index in [0.717, 1.165) is 13.7 Å². The van der Waals surface area contributed by atoms with E-state index in [1.165, 1.54) is 31.7 Å². The van der Waals surface area contributed by atoms with Crippen LogP contribution in [0.3, 0.4) is 0 Å². The van der Waals surface area contributed by atoms with Gasteiger partial charge >= 0.3 is 0 Å². The van der Waals surface area contributed by atoms with Crippen LogP contribution in [0.5, 0.6) is 0 Å². The summed E-state index contributed by atoms with van der Waals surface area (Å²) >= 11 is 0. The summed E-state index contributed by atoms with van der Waals surface area (Å²) in [6.45, 7) is 9.91. The molecule has 0 radical (unpaired) electrons. The molecule has 3 heteroatoms. The summed E-state index contributed by atoms with van der Waals surface area (Å²) in [7, 11) is 3.19. The minimum Gasteiger partial charge on any atom is -0.400 e. The predicted molar refractivity (Wildman–Crippen MR) is 78.7 cm³/mol. The third-order valence-corrected chi connectivity index (χ3v) is 2.84. The first-order chi connectivity index (χ1) is 8.84. The van der Waals surface area contributed by atoms with Gasteiger partial charge in [0.05, 0.1) is 0 Å². The van der Waals surface area contributed by atoms with Crippen LogP contribution in [-0.2, 0) is 6.54 Å². The number of piperazine rings is 1. The summed E-state index contributed by atoms with van der Waals surface area (Å²) in [5, 5.41) is 7.00. The molecule has 1 aromatic rings. The van der Waals surface area contributed by atoms with Crippen LogP contribution >= 0.6 is 0 Å². The van der Waals surface area contributed by atoms with E-state index in [-0.39, 0.29) is 0 Å². The smallest absolute Gasteiger partial charge is 0.0319 e. The quantitative estimate of drug-likeness (QED) is 0.873. The number of aliphatic hydroxyl groups excluding tert-OH is 1. The Labute approximate surface area is 112 Å². The van der Waals surface area contributed by atoms with Gasteiger partial charge in [-0.25, -0.2) is 0 Å². The van der Waals surface area contributed by atoms with Gasteiger partial charge in [0.15, 0.2) is 0 Å². The van der Waals surface area contributed by atoms with E-state index in [1.807, 2.05) is 13.8 Å². The van der Waals surface area contributed by atoms with Gasteiger partial charge in [-0.15, -0.1) is 0 Å². The third kappa shape index (κ3) is 6.74. The third-order valence-electron chi connectivity index (χ3n) is 2.84. The van der Waals surface area contributed by atoms with E-state index in [0.29, 0.717) is 0 Å². The topological polar surface area (TPSA) is 26.7 Å². The van der Waals surface area contributed by atoms with Crippen LogP contribution in [-0.4, -0.2) is 55.2 Å². The Hall–Kier alpha value is -0.900. The van der Waals surface area contributed by atoms with Crippen molar-refractivity contribution in [3.63, 3.8) is 0 Å². The van der Waals surface area contributed by atoms with Gasteiger partial charge in [-0.1, -0.05) is 44.2 Å². The second-order valence-electron chi connectivity index (χ2n) is 4.07. The van der Waals surface area contributed by atoms with E-state index in [4.69, 9.17) is 5.11 Å². The van der Waals surface area contributed by atoms with Crippen molar-refractivity contribution in [3.8, 4) is 0 Å². The average molecular weight is 252 g/mol. The van der Waals surface area contributed by atoms with Gasteiger partial charge < -0.3 is 10.0 Å². The lowest BCUT2D eigenvalue weighted by molar-refractivity contribution is 0.148. The number of likely N-dealkylation sites (N-methyl/N-ethyl adjacent to an activating group) is 1. The van der Waals surface area contributed by atoms with Gasteiger partial charge in [0.1, 0.15) is 0 Å². The lowest BCUT2D eigenvalue weighted by Gasteiger charge is -2.32. The number of benzene rings is 1. The standard InChI is InChI=1S/C12H18N2.C2H6.CH4O/c1-13-7-9-14(10-8-13)11-12-5-3-2-4-6-12;2*1-2/h2-6H,7-11H2,1H3;1-2H3;2H,1H3. The lowest BCUT2D eigenvalue weighted by Crippen LogP contribution is -2.43. The molecule has 0 unspecified atom stereocenters. The summed E-state index contributed by atoms with van der Waals surface area (Å²) in [6, 6.07) is 10.7. The molecule has 1 fully saturated rings. The molecule has 1 aromatic carbocycles. The Bertz CT molecular complexity index is 269. The van der Waals surface area contributed by atoms with Crippen LogP contribution in [0.15, 0.2) is 30.3 Å². The van der Waals surface area contributed by atoms with E-state index in [2.05, 4.69) is 47.2 Å². The fourth-order valence-corrected chi connectivity index (χ4v) is 1.85. The molecule has 1 N–H and O–H groups in total. The molecule has 18 heavy (non-hydrogen) atoms. The molecule has 104 valence electrons. The molecule has 1 aliphatic rings. The van der Waals surface area contributed by atoms with Crippen molar-refractivity contribution in [1.29, 1.82) is 0 Å². The largest absolute Gasteiger partial charge is 0.400 e. The van der Waals surface area contributed by atoms with Crippen LogP contribution in [0.25, 0.3) is 0 Å². The predicted octanol–water partition coefficient (Wildman–Crippen LogP) is 2.07. The zero-order valence-electron chi connectivity index (χ0n) is 12.3. The van der Waals surface area contributed by atoms with E-state index >= 15 is 0 Å². The normalized spacial score (nSPS) is 16.1. The van der Waals surface area contributed by atoms with E-state index in [1.54, 1.807) is 0 Å². The summed E-state index contributed by atoms with van der Waals surface area (Å²) < 4.78 is 0. The Morgan fingerprint density at radius 1 is 0.944 bits per heavy atom. The Morgan fingerprint density at radius 2 is 1.44 bits per heavy atom. The van der Waals surface area contributed by atoms with Crippen LogP contribution < -0.4 is 0 Å². The van der Waals surface area contributed by atoms with Crippen molar-refractivity contribution in [2.24, 2.45) is 0 Å². The van der Waals surface area contributed by atoms with Gasteiger partial charge in [-0.05, 0) is 12.6 Å². The molecule has 0 spiro atoms. The molecular weight excluding hydrogens is 224 g/mol. The maximum atomic E-state index is 7.00. The highest BCUT2D eigenvalue weighted by atomic mass is 16.2. The van der Waals surface area contributed by atoms with Crippen molar-refractivity contribution in [1.82, 2.24) is 9.80 Å². The first-order valence-electron chi connectivity index (χ1n) is 6.74. The van der Waals surface area contributed by atoms with Crippen molar-refractivity contribution in [3.05, 3.63) is 35.9 Å². The van der Waals surface area contributed by atoms with E-state index in [9.17, 15) is 0 Å². The summed E-state index contributed by atoms with van der Waals surface area (Å²) in [6.07, 6.45) is 0. The Kier molecular flexibility index (Phi) is 10.6. The summed E-state index contributed by atoms with van der Waals surface area (Å²) in [4.78, 5) is 4.91. The monoisotopic (exact) mass is 252 g/mol. The number of hydrogen-bond acceptors (Lipinski definition) is 3. The molecule has 1 heterocycles. The highest BCUT2D eigenvalue weighted by Crippen LogP contribution is 2.06. The van der Waals surface area contributed by atoms with Crippen LogP contribution in [0, 0.1) is 0 Å². The number of aliphatic hydroxyl groups is 1. The fourth-order valence-electron chi connectivity index (χ4n) is 1.85. The molecule has 0 saturated carbocycles. The number of hydrogen-bond donors (Lipinski definition) is 1. The summed E-state index contributed by atoms with van der Waals surface area (Å²) in [5.74, 6) is 0. The van der Waals surface area contributed by atoms with Gasteiger partial charge in [0, 0.05) is 39.8 Å². The highest BCUT2D eigenvalue weighted by Gasteiger charge is 2.13. The first kappa shape index (κ1) is 17.1. The molecular formula is C15H28N2O. The Balaban J connectivity index is 0.000000659. The fraction of sp³-hybridized carbons (Fsp3) is 0.600. The van der Waals surface area contributed by atoms with Gasteiger partial charge in [0.25, 0.3) is 0 Å². The SMILES string of the molecule is CC.CN1CCN(Cc2ccccc2)CC1.CO. The number of nitrogens with zero attached hydrogens (tertiary/aromatic N) is 2. The van der Waals surface area contributed by atoms with E-state index < -0.39 is 0 Å². The van der Waals surface area contributed by atoms with Gasteiger partial charge in [0.2, 0.25) is 0 Å². The van der Waals surface area contributed by atoms with Crippen molar-refractivity contribution in [2.75, 3.05) is 40.3 Å². The second kappa shape index (κ2) is 11.2. The van der Waals surface area contributed by atoms with Crippen molar-refractivity contribution >= 4 is 0 Å². The minimum atomic E-state index is 1.00. The minimum absolute atomic E-state index is 1.00. The molecule has 3 nitrogen and oxygen atoms in total. The molecule has 2 rings (SSSR count). The molecule has 1 saturated heterocycles. The molecule has 0 aliphatic carbocycles. The average Bonchev–Trinajstić information content (AvgIpc) is 2.47. The van der Waals surface area contributed by atoms with Crippen molar-refractivity contribution in [2.45, 2.75) is 20.4 Å². The van der Waals surface area contributed by atoms with Crippen molar-refractivity contribution < 1.29 is 5.11 Å². The maximum absolute atomic E-state index is 7.00. The maximum Gasteiger partial charge on any atom is 0.0319 e. The zero-order chi connectivity index (χ0) is 13.8. The van der Waals surface area contributed by atoms with Crippen LogP contribution in [0.4, 0.5) is 0 Å². The molecule has 1 aliphatic heterocycles. The molecule has 0 atom stereocenters.